The van der Waals surface area contributed by atoms with E-state index in [1.54, 1.807) is 6.21 Å². The average molecular weight is 131 g/mol. The van der Waals surface area contributed by atoms with E-state index in [-0.39, 0.29) is 12.4 Å². The topological polar surface area (TPSA) is 26.5 Å². The fourth-order valence-electron chi connectivity index (χ4n) is 0.500. The molecule has 1 aliphatic rings. The predicted octanol–water partition coefficient (Wildman–Crippen LogP) is -1.49. The molecule has 1 heterocycles. The third-order valence-corrected chi connectivity index (χ3v) is 0.776. The Kier molecular flexibility index (Phi) is 2.72. The predicted molar refractivity (Wildman–Crippen MR) is 29.7 cm³/mol. The Morgan fingerprint density at radius 1 is 1.50 bits per heavy atom. The van der Waals surface area contributed by atoms with Crippen molar-refractivity contribution >= 4 is 6.21 Å². The van der Waals surface area contributed by atoms with Gasteiger partial charge in [-0.3, -0.25) is 5.32 Å². The van der Waals surface area contributed by atoms with Gasteiger partial charge in [0.25, 0.3) is 0 Å². The lowest BCUT2D eigenvalue weighted by atomic mass is 10.4. The molecule has 0 N–H and O–H groups in total. The van der Waals surface area contributed by atoms with Crippen LogP contribution in [0.1, 0.15) is 13.8 Å². The van der Waals surface area contributed by atoms with Gasteiger partial charge in [0, 0.05) is 6.92 Å². The van der Waals surface area contributed by atoms with Crippen molar-refractivity contribution in [2.75, 3.05) is 0 Å². The molecule has 2 nitrogen and oxygen atoms in total. The first-order valence-electron chi connectivity index (χ1n) is 2.22. The summed E-state index contributed by atoms with van der Waals surface area (Å²) in [6.07, 6.45) is 2.62. The molecule has 8 heavy (non-hydrogen) atoms. The molecule has 3 heteroatoms. The molecule has 0 radical (unpaired) electrons. The lowest BCUT2D eigenvalue weighted by molar-refractivity contribution is -0.00000162. The van der Waals surface area contributed by atoms with Gasteiger partial charge < -0.3 is 12.4 Å². The lowest BCUT2D eigenvalue weighted by Gasteiger charge is -1.95. The van der Waals surface area contributed by atoms with Gasteiger partial charge in [-0.15, -0.1) is 0 Å². The number of hydrogen-bond donors (Lipinski definition) is 0. The third kappa shape index (κ3) is 1.64. The molecule has 1 aliphatic heterocycles. The zero-order valence-corrected chi connectivity index (χ0v) is 5.61. The van der Waals surface area contributed by atoms with E-state index in [2.05, 4.69) is 10.3 Å². The summed E-state index contributed by atoms with van der Waals surface area (Å²) >= 11 is 0. The Morgan fingerprint density at radius 2 is 2.12 bits per heavy atom. The van der Waals surface area contributed by atoms with E-state index < -0.39 is 0 Å². The number of aliphatic imine (C=N–C) groups is 1. The highest BCUT2D eigenvalue weighted by Gasteiger charge is 2.18. The molecule has 0 aromatic carbocycles. The second kappa shape index (κ2) is 2.84. The molecule has 0 atom stereocenters. The molecule has 0 amide bonds. The molecule has 44 valence electrons. The molecule has 0 unspecified atom stereocenters. The van der Waals surface area contributed by atoms with Crippen molar-refractivity contribution in [1.82, 2.24) is 0 Å². The van der Waals surface area contributed by atoms with Crippen molar-refractivity contribution in [2.24, 2.45) is 4.99 Å². The van der Waals surface area contributed by atoms with Gasteiger partial charge in [-0.05, 0) is 0 Å². The van der Waals surface area contributed by atoms with E-state index in [9.17, 15) is 0 Å². The molecule has 0 saturated heterocycles. The summed E-state index contributed by atoms with van der Waals surface area (Å²) in [4.78, 5) is 3.91. The van der Waals surface area contributed by atoms with Crippen molar-refractivity contribution in [3.8, 4) is 0 Å². The van der Waals surface area contributed by atoms with Crippen LogP contribution in [0.15, 0.2) is 4.99 Å². The first kappa shape index (κ1) is 7.66. The summed E-state index contributed by atoms with van der Waals surface area (Å²) in [5.41, 5.74) is 0. The Morgan fingerprint density at radius 3 is 2.25 bits per heavy atom. The van der Waals surface area contributed by atoms with Crippen LogP contribution in [0.25, 0.3) is 5.32 Å². The highest BCUT2D eigenvalue weighted by molar-refractivity contribution is 5.82. The minimum absolute atomic E-state index is 0. The van der Waals surface area contributed by atoms with E-state index in [4.69, 9.17) is 0 Å². The van der Waals surface area contributed by atoms with Crippen LogP contribution in [0.3, 0.4) is 0 Å². The standard InChI is InChI=1S/C5H7N2.ClH/c1-4-3-6-5(2)7-4;/h3H,1-2H3;1H/q+1;/p-1. The summed E-state index contributed by atoms with van der Waals surface area (Å²) in [6, 6.07) is 0.998. The maximum Gasteiger partial charge on any atom is 0.301 e. The molecule has 0 spiro atoms. The third-order valence-electron chi connectivity index (χ3n) is 0.776. The molecule has 1 rings (SSSR count). The van der Waals surface area contributed by atoms with Crippen LogP contribution >= 0.6 is 0 Å². The van der Waals surface area contributed by atoms with Gasteiger partial charge in [-0.25, -0.2) is 0 Å². The van der Waals surface area contributed by atoms with E-state index in [1.807, 2.05) is 13.8 Å². The molecule has 0 fully saturated rings. The number of nitrogens with zero attached hydrogens (tertiary/aromatic N) is 2. The molecular formula is C5H7ClN2. The monoisotopic (exact) mass is 130 g/mol. The molecule has 0 aromatic heterocycles. The smallest absolute Gasteiger partial charge is 0.301 e. The van der Waals surface area contributed by atoms with Crippen LogP contribution in [-0.2, 0) is 0 Å². The van der Waals surface area contributed by atoms with E-state index in [0.717, 1.165) is 12.2 Å². The largest absolute Gasteiger partial charge is 1.00 e. The average Bonchev–Trinajstić information content (AvgIpc) is 1.87. The van der Waals surface area contributed by atoms with Gasteiger partial charge in [0.15, 0.2) is 6.04 Å². The van der Waals surface area contributed by atoms with E-state index in [0.29, 0.717) is 0 Å². The van der Waals surface area contributed by atoms with Crippen molar-refractivity contribution < 1.29 is 12.4 Å². The Labute approximate surface area is 55.8 Å². The summed E-state index contributed by atoms with van der Waals surface area (Å²) in [5.74, 6) is 0. The lowest BCUT2D eigenvalue weighted by Crippen LogP contribution is -3.00. The van der Waals surface area contributed by atoms with Gasteiger partial charge in [-0.1, -0.05) is 4.99 Å². The van der Waals surface area contributed by atoms with Gasteiger partial charge >= 0.3 is 6.21 Å². The van der Waals surface area contributed by atoms with Gasteiger partial charge in [0.2, 0.25) is 0 Å². The summed E-state index contributed by atoms with van der Waals surface area (Å²) in [6.45, 7) is 3.81. The number of rotatable bonds is 0. The Bertz CT molecular complexity index is 82.4. The SMILES string of the molecule is C[C+]1C=N[C+](C)[N-]1.[Cl-]. The second-order valence-electron chi connectivity index (χ2n) is 1.56. The quantitative estimate of drug-likeness (QED) is 0.358. The van der Waals surface area contributed by atoms with Crippen LogP contribution in [-0.4, -0.2) is 6.21 Å². The van der Waals surface area contributed by atoms with E-state index >= 15 is 0 Å². The van der Waals surface area contributed by atoms with Crippen LogP contribution in [0, 0.1) is 12.2 Å². The van der Waals surface area contributed by atoms with Crippen LogP contribution in [0.4, 0.5) is 0 Å². The number of hydrogen-bond acceptors (Lipinski definition) is 1. The Hall–Kier alpha value is -0.340. The molecule has 0 saturated carbocycles. The summed E-state index contributed by atoms with van der Waals surface area (Å²) < 4.78 is 0. The molecular weight excluding hydrogens is 124 g/mol. The zero-order valence-electron chi connectivity index (χ0n) is 4.85. The zero-order chi connectivity index (χ0) is 5.28. The van der Waals surface area contributed by atoms with Crippen molar-refractivity contribution in [2.45, 2.75) is 13.8 Å². The van der Waals surface area contributed by atoms with Gasteiger partial charge in [0.05, 0.1) is 6.92 Å². The molecule has 0 aliphatic carbocycles. The fourth-order valence-corrected chi connectivity index (χ4v) is 0.500. The van der Waals surface area contributed by atoms with Gasteiger partial charge in [0.1, 0.15) is 6.17 Å². The minimum Gasteiger partial charge on any atom is -1.00 e. The maximum absolute atomic E-state index is 4.00. The first-order chi connectivity index (χ1) is 3.29. The van der Waals surface area contributed by atoms with Crippen LogP contribution in [0.5, 0.6) is 0 Å². The first-order valence-corrected chi connectivity index (χ1v) is 2.22. The summed E-state index contributed by atoms with van der Waals surface area (Å²) in [5, 5.41) is 4.00. The van der Waals surface area contributed by atoms with Crippen molar-refractivity contribution in [3.05, 3.63) is 17.5 Å². The highest BCUT2D eigenvalue weighted by Crippen LogP contribution is 2.24. The number of halogens is 1. The summed E-state index contributed by atoms with van der Waals surface area (Å²) in [7, 11) is 0. The molecule has 0 bridgehead atoms. The normalized spacial score (nSPS) is 16.8. The fraction of sp³-hybridized carbons (Fsp3) is 0.400. The highest BCUT2D eigenvalue weighted by atomic mass is 35.5. The molecule has 0 aromatic rings. The maximum atomic E-state index is 4.00. The van der Waals surface area contributed by atoms with Crippen LogP contribution < -0.4 is 12.4 Å². The Balaban J connectivity index is 0.000000490. The van der Waals surface area contributed by atoms with Crippen molar-refractivity contribution in [3.63, 3.8) is 0 Å². The van der Waals surface area contributed by atoms with Crippen LogP contribution in [0.2, 0.25) is 0 Å². The second-order valence-corrected chi connectivity index (χ2v) is 1.56. The minimum atomic E-state index is 0. The van der Waals surface area contributed by atoms with E-state index in [1.165, 1.54) is 0 Å². The van der Waals surface area contributed by atoms with Gasteiger partial charge in [-0.2, -0.15) is 0 Å². The van der Waals surface area contributed by atoms with Crippen molar-refractivity contribution in [1.29, 1.82) is 0 Å².